The quantitative estimate of drug-likeness (QED) is 0.0202. The molecule has 5 aliphatic carbocycles. The van der Waals surface area contributed by atoms with Gasteiger partial charge < -0.3 is 35.7 Å². The lowest BCUT2D eigenvalue weighted by Crippen LogP contribution is -2.51. The molecule has 5 N–H and O–H groups in total. The first-order valence-electron chi connectivity index (χ1n) is 24.7. The molecule has 11 heteroatoms. The minimum atomic E-state index is -0.371. The monoisotopic (exact) mass is 899 g/mol. The van der Waals surface area contributed by atoms with Crippen molar-refractivity contribution in [2.75, 3.05) is 18.8 Å². The van der Waals surface area contributed by atoms with Crippen molar-refractivity contribution in [2.24, 2.45) is 46.3 Å². The highest BCUT2D eigenvalue weighted by atomic mass is 16.5. The number of carbonyl (C=O) groups excluding carboxylic acids is 4. The Morgan fingerprint density at radius 1 is 0.894 bits per heavy atom. The molecule has 2 aromatic rings. The van der Waals surface area contributed by atoms with E-state index in [9.17, 15) is 19.2 Å². The fraction of sp³-hybridized carbons (Fsp3) is 0.545. The van der Waals surface area contributed by atoms with E-state index in [1.807, 2.05) is 6.07 Å². The summed E-state index contributed by atoms with van der Waals surface area (Å²) in [6.07, 6.45) is 16.3. The smallest absolute Gasteiger partial charge is 0.306 e. The molecule has 0 aromatic heterocycles. The van der Waals surface area contributed by atoms with Gasteiger partial charge in [0.05, 0.1) is 11.8 Å². The standard InChI is InChI=1S/C55H70N4O7/c1-33(2)8-6-9-34(3)44-18-19-45-40-15-11-36-29-39(22-24-54(36,4)46(40)23-25-55(44,45)5)65-51(62)21-20-50(61)58-26-7-27-59-53(63)35-10-14-41(47(28-35)64-32-60)52-42-16-12-37(56)30-48(42)66-49-31-38(57)13-17-43(49)52/h10-14,16-17,28,30-34,39-40,44-46,56H,6-9,15,18-27,29,57H2,1-5H3,(H,58,61)(H,59,63)/t34-,39+,40?,44?,45?,46?,54+,55-/m1/s1. The van der Waals surface area contributed by atoms with E-state index in [1.165, 1.54) is 56.6 Å². The third kappa shape index (κ3) is 9.68. The van der Waals surface area contributed by atoms with Crippen LogP contribution in [0.2, 0.25) is 0 Å². The summed E-state index contributed by atoms with van der Waals surface area (Å²) in [5.41, 5.74) is 11.4. The predicted octanol–water partition coefficient (Wildman–Crippen LogP) is 10.8. The Morgan fingerprint density at radius 2 is 1.70 bits per heavy atom. The molecule has 3 saturated carbocycles. The molecule has 352 valence electrons. The molecule has 66 heavy (non-hydrogen) atoms. The molecule has 2 aromatic carbocycles. The van der Waals surface area contributed by atoms with Crippen LogP contribution in [0.25, 0.3) is 33.4 Å². The summed E-state index contributed by atoms with van der Waals surface area (Å²) in [5, 5.41) is 14.8. The third-order valence-corrected chi connectivity index (χ3v) is 16.5. The molecular formula is C55H70N4O7. The molecule has 0 bridgehead atoms. The molecule has 11 nitrogen and oxygen atoms in total. The number of hydrogen-bond acceptors (Lipinski definition) is 9. The predicted molar refractivity (Wildman–Crippen MR) is 257 cm³/mol. The van der Waals surface area contributed by atoms with Gasteiger partial charge in [0.2, 0.25) is 5.91 Å². The van der Waals surface area contributed by atoms with Crippen LogP contribution in [0.5, 0.6) is 5.75 Å². The van der Waals surface area contributed by atoms with Gasteiger partial charge in [0.25, 0.3) is 12.4 Å². The summed E-state index contributed by atoms with van der Waals surface area (Å²) in [7, 11) is 0. The molecule has 4 unspecified atom stereocenters. The van der Waals surface area contributed by atoms with Crippen LogP contribution in [0.3, 0.4) is 0 Å². The van der Waals surface area contributed by atoms with Gasteiger partial charge in [0.1, 0.15) is 23.2 Å². The van der Waals surface area contributed by atoms with E-state index in [-0.39, 0.29) is 65.4 Å². The van der Waals surface area contributed by atoms with Gasteiger partial charge in [-0.25, -0.2) is 0 Å². The fourth-order valence-corrected chi connectivity index (χ4v) is 13.1. The zero-order chi connectivity index (χ0) is 46.8. The Balaban J connectivity index is 0.778. The Bertz CT molecular complexity index is 2510. The topological polar surface area (TPSA) is 174 Å². The molecule has 1 heterocycles. The van der Waals surface area contributed by atoms with E-state index in [2.05, 4.69) is 51.3 Å². The summed E-state index contributed by atoms with van der Waals surface area (Å²) in [6, 6.07) is 15.2. The van der Waals surface area contributed by atoms with Crippen molar-refractivity contribution in [1.82, 2.24) is 10.6 Å². The summed E-state index contributed by atoms with van der Waals surface area (Å²) in [5.74, 6) is 4.43. The number of esters is 1. The van der Waals surface area contributed by atoms with Gasteiger partial charge in [-0.3, -0.25) is 19.2 Å². The summed E-state index contributed by atoms with van der Waals surface area (Å²) >= 11 is 0. The number of ether oxygens (including phenoxy) is 2. The number of carbonyl (C=O) groups is 4. The van der Waals surface area contributed by atoms with E-state index >= 15 is 0 Å². The van der Waals surface area contributed by atoms with E-state index < -0.39 is 0 Å². The molecule has 2 amide bonds. The van der Waals surface area contributed by atoms with Crippen molar-refractivity contribution in [3.63, 3.8) is 0 Å². The summed E-state index contributed by atoms with van der Waals surface area (Å²) in [6.45, 7) is 13.3. The lowest BCUT2D eigenvalue weighted by atomic mass is 9.47. The average Bonchev–Trinajstić information content (AvgIpc) is 3.64. The zero-order valence-corrected chi connectivity index (χ0v) is 39.6. The normalized spacial score (nSPS) is 26.2. The zero-order valence-electron chi connectivity index (χ0n) is 39.6. The second kappa shape index (κ2) is 19.8. The van der Waals surface area contributed by atoms with Crippen LogP contribution in [0, 0.1) is 51.7 Å². The third-order valence-electron chi connectivity index (χ3n) is 16.5. The van der Waals surface area contributed by atoms with Crippen molar-refractivity contribution < 1.29 is 33.1 Å². The Labute approximate surface area is 389 Å². The molecule has 0 radical (unpaired) electrons. The maximum absolute atomic E-state index is 13.2. The molecule has 8 atom stereocenters. The first kappa shape index (κ1) is 47.1. The van der Waals surface area contributed by atoms with Crippen molar-refractivity contribution >= 4 is 40.9 Å². The fourth-order valence-electron chi connectivity index (χ4n) is 13.1. The van der Waals surface area contributed by atoms with E-state index in [0.29, 0.717) is 69.9 Å². The minimum Gasteiger partial charge on any atom is -0.462 e. The van der Waals surface area contributed by atoms with Gasteiger partial charge in [0.15, 0.2) is 0 Å². The van der Waals surface area contributed by atoms with Crippen molar-refractivity contribution in [2.45, 2.75) is 131 Å². The van der Waals surface area contributed by atoms with E-state index in [4.69, 9.17) is 25.0 Å². The average molecular weight is 899 g/mol. The summed E-state index contributed by atoms with van der Waals surface area (Å²) < 4.78 is 17.5. The van der Waals surface area contributed by atoms with Crippen molar-refractivity contribution in [3.05, 3.63) is 77.2 Å². The molecule has 3 fully saturated rings. The van der Waals surface area contributed by atoms with Gasteiger partial charge >= 0.3 is 5.97 Å². The molecule has 0 spiro atoms. The Morgan fingerprint density at radius 3 is 2.50 bits per heavy atom. The second-order valence-electron chi connectivity index (χ2n) is 21.0. The van der Waals surface area contributed by atoms with Crippen molar-refractivity contribution in [3.8, 4) is 28.2 Å². The van der Waals surface area contributed by atoms with Crippen LogP contribution in [0.4, 0.5) is 5.69 Å². The minimum absolute atomic E-state index is 0.0290. The first-order valence-corrected chi connectivity index (χ1v) is 24.7. The lowest BCUT2D eigenvalue weighted by Gasteiger charge is -2.58. The number of nitrogens with two attached hydrogens (primary N) is 1. The van der Waals surface area contributed by atoms with Gasteiger partial charge in [-0.15, -0.1) is 0 Å². The number of nitrogens with one attached hydrogen (secondary N) is 3. The highest BCUT2D eigenvalue weighted by Crippen LogP contribution is 2.67. The molecule has 1 aliphatic heterocycles. The largest absolute Gasteiger partial charge is 0.462 e. The number of benzene rings is 3. The molecular weight excluding hydrogens is 829 g/mol. The van der Waals surface area contributed by atoms with Crippen LogP contribution in [0.15, 0.2) is 70.7 Å². The Kier molecular flexibility index (Phi) is 14.1. The van der Waals surface area contributed by atoms with Crippen molar-refractivity contribution in [1.29, 1.82) is 5.41 Å². The van der Waals surface area contributed by atoms with Gasteiger partial charge in [-0.2, -0.15) is 0 Å². The molecule has 6 aliphatic rings. The number of allylic oxidation sites excluding steroid dienone is 1. The first-order chi connectivity index (χ1) is 31.7. The van der Waals surface area contributed by atoms with Gasteiger partial charge in [-0.05, 0) is 140 Å². The van der Waals surface area contributed by atoms with E-state index in [1.54, 1.807) is 42.5 Å². The van der Waals surface area contributed by atoms with E-state index in [0.717, 1.165) is 55.3 Å². The van der Waals surface area contributed by atoms with Crippen LogP contribution in [0.1, 0.15) is 135 Å². The summed E-state index contributed by atoms with van der Waals surface area (Å²) in [4.78, 5) is 50.6. The lowest BCUT2D eigenvalue weighted by molar-refractivity contribution is -0.152. The number of nitrogen functional groups attached to an aromatic ring is 1. The maximum Gasteiger partial charge on any atom is 0.306 e. The number of amides is 2. The maximum atomic E-state index is 13.2. The Hall–Kier alpha value is -5.45. The van der Waals surface area contributed by atoms with Crippen LogP contribution < -0.4 is 26.5 Å². The SMILES string of the molecule is CC(C)CCC[C@@H](C)C1CCC2C3CC=C4C[C@@H](OC(=O)CCC(=O)NCCCNC(=O)c5ccc(-c6c7ccc(=N)cc-7oc7cc(N)ccc67)c(OC=O)c5)CC[C@]4(C)C3CC[C@@]21C. The number of hydrogen-bond donors (Lipinski definition) is 4. The van der Waals surface area contributed by atoms with Gasteiger partial charge in [-0.1, -0.05) is 65.5 Å². The van der Waals surface area contributed by atoms with Crippen LogP contribution >= 0.6 is 0 Å². The molecule has 8 rings (SSSR count). The number of anilines is 1. The molecule has 0 saturated heterocycles. The van der Waals surface area contributed by atoms with Crippen LogP contribution in [-0.4, -0.2) is 43.4 Å². The van der Waals surface area contributed by atoms with Gasteiger partial charge in [0, 0.05) is 71.4 Å². The second-order valence-corrected chi connectivity index (χ2v) is 21.0. The van der Waals surface area contributed by atoms with Crippen LogP contribution in [-0.2, 0) is 19.1 Å². The highest BCUT2D eigenvalue weighted by Gasteiger charge is 2.59. The number of rotatable bonds is 17. The number of fused-ring (bicyclic) bond motifs is 7. The highest BCUT2D eigenvalue weighted by molar-refractivity contribution is 6.05.